The zero-order valence-corrected chi connectivity index (χ0v) is 22.6. The summed E-state index contributed by atoms with van der Waals surface area (Å²) in [4.78, 5) is 33.1. The topological polar surface area (TPSA) is 71.0 Å². The van der Waals surface area contributed by atoms with Crippen LogP contribution in [0, 0.1) is 0 Å². The minimum absolute atomic E-state index is 0.112. The predicted molar refractivity (Wildman–Crippen MR) is 145 cm³/mol. The first-order valence-corrected chi connectivity index (χ1v) is 13.1. The van der Waals surface area contributed by atoms with Crippen LogP contribution in [0.2, 0.25) is 5.02 Å². The van der Waals surface area contributed by atoms with Gasteiger partial charge in [-0.3, -0.25) is 4.79 Å². The van der Waals surface area contributed by atoms with E-state index in [9.17, 15) is 9.59 Å². The molecular weight excluding hydrogens is 494 g/mol. The maximum atomic E-state index is 13.4. The number of amidine groups is 1. The van der Waals surface area contributed by atoms with Gasteiger partial charge in [0, 0.05) is 10.7 Å². The number of carbonyl (C=O) groups is 2. The van der Waals surface area contributed by atoms with Crippen LogP contribution in [0.1, 0.15) is 64.3 Å². The Bertz CT molecular complexity index is 1250. The van der Waals surface area contributed by atoms with Crippen LogP contribution in [0.3, 0.4) is 0 Å². The first kappa shape index (κ1) is 26.0. The fourth-order valence-electron chi connectivity index (χ4n) is 4.21. The molecule has 0 saturated heterocycles. The van der Waals surface area contributed by atoms with E-state index in [0.29, 0.717) is 16.3 Å². The number of ether oxygens (including phenoxy) is 1. The van der Waals surface area contributed by atoms with Crippen molar-refractivity contribution in [2.45, 2.75) is 58.7 Å². The predicted octanol–water partition coefficient (Wildman–Crippen LogP) is 6.52. The number of nitrogens with one attached hydrogen (secondary N) is 1. The molecule has 4 rings (SSSR count). The van der Waals surface area contributed by atoms with Crippen LogP contribution >= 0.6 is 23.4 Å². The van der Waals surface area contributed by atoms with E-state index in [0.717, 1.165) is 22.0 Å². The Labute approximate surface area is 221 Å². The maximum absolute atomic E-state index is 13.4. The maximum Gasteiger partial charge on any atom is 0.338 e. The van der Waals surface area contributed by atoms with Gasteiger partial charge in [0.05, 0.1) is 29.8 Å². The third kappa shape index (κ3) is 5.85. The van der Waals surface area contributed by atoms with Crippen molar-refractivity contribution in [2.24, 2.45) is 4.99 Å². The zero-order valence-electron chi connectivity index (χ0n) is 21.0. The third-order valence-corrected chi connectivity index (χ3v) is 6.96. The number of thioether (sulfide) groups is 1. The third-order valence-electron chi connectivity index (χ3n) is 5.82. The van der Waals surface area contributed by atoms with Crippen molar-refractivity contribution in [3.63, 3.8) is 0 Å². The Morgan fingerprint density at radius 1 is 1.14 bits per heavy atom. The fourth-order valence-corrected chi connectivity index (χ4v) is 5.30. The lowest BCUT2D eigenvalue weighted by atomic mass is 9.93. The van der Waals surface area contributed by atoms with E-state index in [1.807, 2.05) is 87.4 Å². The molecule has 0 radical (unpaired) electrons. The summed E-state index contributed by atoms with van der Waals surface area (Å²) >= 11 is 7.61. The molecule has 2 unspecified atom stereocenters. The molecule has 0 fully saturated rings. The molecule has 0 saturated carbocycles. The second-order valence-electron chi connectivity index (χ2n) is 9.82. The van der Waals surface area contributed by atoms with Gasteiger partial charge >= 0.3 is 5.97 Å². The highest BCUT2D eigenvalue weighted by Gasteiger charge is 2.41. The van der Waals surface area contributed by atoms with Crippen LogP contribution in [0.25, 0.3) is 0 Å². The smallest absolute Gasteiger partial charge is 0.338 e. The lowest BCUT2D eigenvalue weighted by Gasteiger charge is -2.37. The van der Waals surface area contributed by atoms with Crippen molar-refractivity contribution < 1.29 is 14.3 Å². The Morgan fingerprint density at radius 3 is 2.44 bits per heavy atom. The minimum atomic E-state index is -0.662. The van der Waals surface area contributed by atoms with Crippen molar-refractivity contribution in [3.05, 3.63) is 93.1 Å². The molecular formula is C28H30ClN3O3S. The second-order valence-corrected chi connectivity index (χ2v) is 11.1. The second kappa shape index (κ2) is 10.5. The first-order chi connectivity index (χ1) is 17.0. The molecule has 188 valence electrons. The quantitative estimate of drug-likeness (QED) is 0.436. The number of halogens is 1. The SMILES string of the molecule is CC1=C(C(=O)OC(C)(C)C)C(c2ccc(Cl)cc2)N2C(CC(=O)NC(C)c3ccccc3)=CSC2=N1. The van der Waals surface area contributed by atoms with Gasteiger partial charge in [0.25, 0.3) is 0 Å². The van der Waals surface area contributed by atoms with E-state index < -0.39 is 17.6 Å². The summed E-state index contributed by atoms with van der Waals surface area (Å²) in [7, 11) is 0. The minimum Gasteiger partial charge on any atom is -0.456 e. The van der Waals surface area contributed by atoms with Crippen molar-refractivity contribution in [2.75, 3.05) is 0 Å². The molecule has 2 aliphatic rings. The molecule has 0 aliphatic carbocycles. The van der Waals surface area contributed by atoms with Gasteiger partial charge in [0.1, 0.15) is 5.60 Å². The van der Waals surface area contributed by atoms with Gasteiger partial charge in [-0.05, 0) is 63.3 Å². The number of rotatable bonds is 6. The highest BCUT2D eigenvalue weighted by molar-refractivity contribution is 8.16. The standard InChI is InChI=1S/C28H30ClN3O3S/c1-17(19-9-7-6-8-10-19)30-23(33)15-22-16-36-27-31-18(2)24(26(34)35-28(3,4)5)25(32(22)27)20-11-13-21(29)14-12-20/h6-14,16-17,25H,15H2,1-5H3,(H,30,33). The van der Waals surface area contributed by atoms with Gasteiger partial charge in [-0.2, -0.15) is 0 Å². The number of aliphatic imine (C=N–C) groups is 1. The van der Waals surface area contributed by atoms with Crippen LogP contribution in [0.5, 0.6) is 0 Å². The number of nitrogens with zero attached hydrogens (tertiary/aromatic N) is 2. The number of allylic oxidation sites excluding steroid dienone is 1. The molecule has 0 aromatic heterocycles. The Hall–Kier alpha value is -3.03. The number of hydrogen-bond acceptors (Lipinski definition) is 6. The summed E-state index contributed by atoms with van der Waals surface area (Å²) in [5.41, 5.74) is 3.04. The van der Waals surface area contributed by atoms with Gasteiger partial charge in [-0.25, -0.2) is 9.79 Å². The van der Waals surface area contributed by atoms with Crippen LogP contribution in [0.4, 0.5) is 0 Å². The normalized spacial score (nSPS) is 18.3. The average Bonchev–Trinajstić information content (AvgIpc) is 3.19. The number of esters is 1. The molecule has 2 heterocycles. The number of hydrogen-bond donors (Lipinski definition) is 1. The molecule has 2 aromatic rings. The molecule has 1 N–H and O–H groups in total. The van der Waals surface area contributed by atoms with Crippen molar-refractivity contribution >= 4 is 40.4 Å². The summed E-state index contributed by atoms with van der Waals surface area (Å²) in [5, 5.41) is 6.33. The van der Waals surface area contributed by atoms with E-state index >= 15 is 0 Å². The van der Waals surface area contributed by atoms with Crippen molar-refractivity contribution in [1.82, 2.24) is 10.2 Å². The Morgan fingerprint density at radius 2 is 1.81 bits per heavy atom. The molecule has 0 spiro atoms. The summed E-state index contributed by atoms with van der Waals surface area (Å²) in [6.45, 7) is 9.29. The van der Waals surface area contributed by atoms with E-state index in [4.69, 9.17) is 21.3 Å². The first-order valence-electron chi connectivity index (χ1n) is 11.8. The summed E-state index contributed by atoms with van der Waals surface area (Å²) < 4.78 is 5.77. The van der Waals surface area contributed by atoms with Crippen LogP contribution in [-0.4, -0.2) is 27.5 Å². The van der Waals surface area contributed by atoms with Crippen LogP contribution in [-0.2, 0) is 14.3 Å². The monoisotopic (exact) mass is 523 g/mol. The number of benzene rings is 2. The average molecular weight is 524 g/mol. The van der Waals surface area contributed by atoms with Crippen LogP contribution in [0.15, 0.2) is 82.0 Å². The fraction of sp³-hybridized carbons (Fsp3) is 0.321. The Kier molecular flexibility index (Phi) is 7.62. The summed E-state index contributed by atoms with van der Waals surface area (Å²) in [6, 6.07) is 16.6. The van der Waals surface area contributed by atoms with Gasteiger partial charge in [-0.1, -0.05) is 65.8 Å². The zero-order chi connectivity index (χ0) is 26.0. The van der Waals surface area contributed by atoms with Gasteiger partial charge in [-0.15, -0.1) is 0 Å². The van der Waals surface area contributed by atoms with Crippen LogP contribution < -0.4 is 5.32 Å². The molecule has 6 nitrogen and oxygen atoms in total. The van der Waals surface area contributed by atoms with Gasteiger partial charge in [0.2, 0.25) is 5.91 Å². The van der Waals surface area contributed by atoms with Crippen molar-refractivity contribution in [3.8, 4) is 0 Å². The molecule has 36 heavy (non-hydrogen) atoms. The molecule has 2 aromatic carbocycles. The largest absolute Gasteiger partial charge is 0.456 e. The van der Waals surface area contributed by atoms with E-state index in [1.165, 1.54) is 11.8 Å². The van der Waals surface area contributed by atoms with Gasteiger partial charge < -0.3 is 15.0 Å². The van der Waals surface area contributed by atoms with Gasteiger partial charge in [0.15, 0.2) is 5.17 Å². The molecule has 0 bridgehead atoms. The number of carbonyl (C=O) groups excluding carboxylic acids is 2. The summed E-state index contributed by atoms with van der Waals surface area (Å²) in [6.07, 6.45) is 0.147. The highest BCUT2D eigenvalue weighted by atomic mass is 35.5. The molecule has 2 aliphatic heterocycles. The lowest BCUT2D eigenvalue weighted by molar-refractivity contribution is -0.150. The number of amides is 1. The Balaban J connectivity index is 1.64. The lowest BCUT2D eigenvalue weighted by Crippen LogP contribution is -2.39. The molecule has 8 heteroatoms. The molecule has 2 atom stereocenters. The molecule has 1 amide bonds. The van der Waals surface area contributed by atoms with E-state index in [1.54, 1.807) is 12.1 Å². The van der Waals surface area contributed by atoms with E-state index in [2.05, 4.69) is 5.32 Å². The summed E-state index contributed by atoms with van der Waals surface area (Å²) in [5.74, 6) is -0.541. The van der Waals surface area contributed by atoms with Crippen molar-refractivity contribution in [1.29, 1.82) is 0 Å². The highest BCUT2D eigenvalue weighted by Crippen LogP contribution is 2.45. The number of fused-ring (bicyclic) bond motifs is 1. The van der Waals surface area contributed by atoms with E-state index in [-0.39, 0.29) is 18.4 Å².